The summed E-state index contributed by atoms with van der Waals surface area (Å²) in [5.41, 5.74) is 0.756. The van der Waals surface area contributed by atoms with E-state index in [1.807, 2.05) is 6.20 Å². The monoisotopic (exact) mass is 371 g/mol. The molecule has 0 atom stereocenters. The van der Waals surface area contributed by atoms with Crippen LogP contribution in [-0.2, 0) is 0 Å². The summed E-state index contributed by atoms with van der Waals surface area (Å²) >= 11 is 14.2. The van der Waals surface area contributed by atoms with Crippen LogP contribution < -0.4 is 4.74 Å². The van der Waals surface area contributed by atoms with Crippen LogP contribution >= 0.6 is 45.8 Å². The van der Waals surface area contributed by atoms with Crippen molar-refractivity contribution >= 4 is 56.7 Å². The maximum atomic E-state index is 8.75. The summed E-state index contributed by atoms with van der Waals surface area (Å²) in [6.07, 6.45) is 1.83. The molecule has 0 amide bonds. The van der Waals surface area contributed by atoms with Crippen LogP contribution in [0.5, 0.6) is 5.75 Å². The standard InChI is InChI=1S/C10H8Cl2INO2/c11-5-3-7(16-2-1-15)8-6(13)4-14-10(8)9(5)12/h3-4,14-15H,1-2H2. The Morgan fingerprint density at radius 2 is 2.19 bits per heavy atom. The smallest absolute Gasteiger partial charge is 0.131 e. The minimum absolute atomic E-state index is 0.0389. The predicted molar refractivity (Wildman–Crippen MR) is 73.6 cm³/mol. The van der Waals surface area contributed by atoms with Crippen molar-refractivity contribution < 1.29 is 9.84 Å². The molecule has 2 N–H and O–H groups in total. The van der Waals surface area contributed by atoms with Gasteiger partial charge in [0.25, 0.3) is 0 Å². The second-order valence-electron chi connectivity index (χ2n) is 3.13. The number of ether oxygens (including phenoxy) is 1. The van der Waals surface area contributed by atoms with E-state index in [0.717, 1.165) is 14.5 Å². The molecular formula is C10H8Cl2INO2. The summed E-state index contributed by atoms with van der Waals surface area (Å²) in [4.78, 5) is 3.05. The zero-order valence-corrected chi connectivity index (χ0v) is 11.7. The van der Waals surface area contributed by atoms with E-state index in [1.54, 1.807) is 6.07 Å². The third-order valence-electron chi connectivity index (χ3n) is 2.11. The van der Waals surface area contributed by atoms with Crippen LogP contribution in [0.2, 0.25) is 10.0 Å². The van der Waals surface area contributed by atoms with Gasteiger partial charge in [-0.3, -0.25) is 0 Å². The Kier molecular flexibility index (Phi) is 3.84. The van der Waals surface area contributed by atoms with Crippen LogP contribution in [0.15, 0.2) is 12.3 Å². The number of halogens is 3. The van der Waals surface area contributed by atoms with E-state index >= 15 is 0 Å². The van der Waals surface area contributed by atoms with Crippen molar-refractivity contribution in [2.75, 3.05) is 13.2 Å². The summed E-state index contributed by atoms with van der Waals surface area (Å²) in [5, 5.41) is 10.6. The molecule has 0 saturated heterocycles. The van der Waals surface area contributed by atoms with Crippen LogP contribution in [0, 0.1) is 3.57 Å². The first kappa shape index (κ1) is 12.3. The number of H-pyrrole nitrogens is 1. The normalized spacial score (nSPS) is 11.0. The van der Waals surface area contributed by atoms with Crippen molar-refractivity contribution in [3.05, 3.63) is 25.9 Å². The molecule has 0 aliphatic rings. The average Bonchev–Trinajstić information content (AvgIpc) is 2.64. The molecule has 1 aromatic heterocycles. The van der Waals surface area contributed by atoms with E-state index in [4.69, 9.17) is 33.0 Å². The highest BCUT2D eigenvalue weighted by Crippen LogP contribution is 2.39. The largest absolute Gasteiger partial charge is 0.490 e. The summed E-state index contributed by atoms with van der Waals surface area (Å²) in [6.45, 7) is 0.192. The molecule has 1 heterocycles. The van der Waals surface area contributed by atoms with Gasteiger partial charge in [-0.05, 0) is 22.6 Å². The van der Waals surface area contributed by atoms with Gasteiger partial charge < -0.3 is 14.8 Å². The summed E-state index contributed by atoms with van der Waals surface area (Å²) in [6, 6.07) is 1.66. The number of aliphatic hydroxyl groups is 1. The van der Waals surface area contributed by atoms with Gasteiger partial charge in [-0.25, -0.2) is 0 Å². The third kappa shape index (κ3) is 2.11. The number of hydrogen-bond donors (Lipinski definition) is 2. The molecule has 0 radical (unpaired) electrons. The molecule has 86 valence electrons. The fraction of sp³-hybridized carbons (Fsp3) is 0.200. The minimum Gasteiger partial charge on any atom is -0.490 e. The number of nitrogens with one attached hydrogen (secondary N) is 1. The van der Waals surface area contributed by atoms with E-state index in [-0.39, 0.29) is 13.2 Å². The van der Waals surface area contributed by atoms with Crippen molar-refractivity contribution in [3.8, 4) is 5.75 Å². The zero-order chi connectivity index (χ0) is 11.7. The molecule has 0 aliphatic carbocycles. The van der Waals surface area contributed by atoms with Crippen molar-refractivity contribution in [2.24, 2.45) is 0 Å². The van der Waals surface area contributed by atoms with E-state index < -0.39 is 0 Å². The number of fused-ring (bicyclic) bond motifs is 1. The van der Waals surface area contributed by atoms with E-state index in [2.05, 4.69) is 27.6 Å². The van der Waals surface area contributed by atoms with Crippen molar-refractivity contribution in [2.45, 2.75) is 0 Å². The molecule has 3 nitrogen and oxygen atoms in total. The first-order chi connectivity index (χ1) is 7.65. The summed E-state index contributed by atoms with van der Waals surface area (Å²) in [5.74, 6) is 0.629. The Balaban J connectivity index is 2.62. The van der Waals surface area contributed by atoms with Crippen molar-refractivity contribution in [3.63, 3.8) is 0 Å². The zero-order valence-electron chi connectivity index (χ0n) is 8.06. The number of aliphatic hydroxyl groups excluding tert-OH is 1. The van der Waals surface area contributed by atoms with Crippen LogP contribution in [0.3, 0.4) is 0 Å². The predicted octanol–water partition coefficient (Wildman–Crippen LogP) is 3.45. The lowest BCUT2D eigenvalue weighted by molar-refractivity contribution is 0.203. The molecule has 0 spiro atoms. The number of hydrogen-bond acceptors (Lipinski definition) is 2. The van der Waals surface area contributed by atoms with Crippen LogP contribution in [0.25, 0.3) is 10.9 Å². The van der Waals surface area contributed by atoms with Crippen LogP contribution in [0.1, 0.15) is 0 Å². The number of aromatic amines is 1. The molecule has 2 rings (SSSR count). The molecule has 16 heavy (non-hydrogen) atoms. The van der Waals surface area contributed by atoms with Gasteiger partial charge in [-0.15, -0.1) is 0 Å². The highest BCUT2D eigenvalue weighted by molar-refractivity contribution is 14.1. The van der Waals surface area contributed by atoms with E-state index in [0.29, 0.717) is 15.8 Å². The Hall–Kier alpha value is -0.170. The maximum Gasteiger partial charge on any atom is 0.131 e. The second kappa shape index (κ2) is 5.00. The van der Waals surface area contributed by atoms with Gasteiger partial charge in [0.15, 0.2) is 0 Å². The summed E-state index contributed by atoms with van der Waals surface area (Å²) in [7, 11) is 0. The minimum atomic E-state index is -0.0389. The van der Waals surface area contributed by atoms with Crippen molar-refractivity contribution in [1.29, 1.82) is 0 Å². The summed E-state index contributed by atoms with van der Waals surface area (Å²) < 4.78 is 6.42. The quantitative estimate of drug-likeness (QED) is 0.811. The van der Waals surface area contributed by atoms with Gasteiger partial charge >= 0.3 is 0 Å². The lowest BCUT2D eigenvalue weighted by Gasteiger charge is -2.08. The molecule has 0 aliphatic heterocycles. The maximum absolute atomic E-state index is 8.75. The molecular weight excluding hydrogens is 364 g/mol. The van der Waals surface area contributed by atoms with Gasteiger partial charge in [0.2, 0.25) is 0 Å². The Bertz CT molecular complexity index is 527. The highest BCUT2D eigenvalue weighted by atomic mass is 127. The fourth-order valence-corrected chi connectivity index (χ4v) is 2.54. The SMILES string of the molecule is OCCOc1cc(Cl)c(Cl)c2[nH]cc(I)c12. The Morgan fingerprint density at radius 1 is 1.44 bits per heavy atom. The number of rotatable bonds is 3. The average molecular weight is 372 g/mol. The Labute approximate surface area is 116 Å². The van der Waals surface area contributed by atoms with Gasteiger partial charge in [0.1, 0.15) is 12.4 Å². The molecule has 1 aromatic carbocycles. The van der Waals surface area contributed by atoms with Gasteiger partial charge in [0.05, 0.1) is 27.6 Å². The topological polar surface area (TPSA) is 45.2 Å². The number of benzene rings is 1. The lowest BCUT2D eigenvalue weighted by Crippen LogP contribution is -2.02. The van der Waals surface area contributed by atoms with E-state index in [1.165, 1.54) is 0 Å². The molecule has 0 unspecified atom stereocenters. The highest BCUT2D eigenvalue weighted by Gasteiger charge is 2.14. The molecule has 2 aromatic rings. The molecule has 6 heteroatoms. The third-order valence-corrected chi connectivity index (χ3v) is 3.75. The van der Waals surface area contributed by atoms with Gasteiger partial charge in [-0.1, -0.05) is 23.2 Å². The first-order valence-corrected chi connectivity index (χ1v) is 6.37. The lowest BCUT2D eigenvalue weighted by atomic mass is 10.2. The molecule has 0 bridgehead atoms. The van der Waals surface area contributed by atoms with Crippen LogP contribution in [-0.4, -0.2) is 23.3 Å². The molecule has 0 fully saturated rings. The molecule has 0 saturated carbocycles. The van der Waals surface area contributed by atoms with Crippen molar-refractivity contribution in [1.82, 2.24) is 4.98 Å². The second-order valence-corrected chi connectivity index (χ2v) is 5.08. The van der Waals surface area contributed by atoms with E-state index in [9.17, 15) is 0 Å². The first-order valence-electron chi connectivity index (χ1n) is 4.53. The van der Waals surface area contributed by atoms with Crippen LogP contribution in [0.4, 0.5) is 0 Å². The van der Waals surface area contributed by atoms with Gasteiger partial charge in [0, 0.05) is 15.8 Å². The number of aromatic nitrogens is 1. The van der Waals surface area contributed by atoms with Gasteiger partial charge in [-0.2, -0.15) is 0 Å². The Morgan fingerprint density at radius 3 is 2.88 bits per heavy atom. The fourth-order valence-electron chi connectivity index (χ4n) is 1.45.